The predicted octanol–water partition coefficient (Wildman–Crippen LogP) is 5.44. The minimum absolute atomic E-state index is 0.00554. The lowest BCUT2D eigenvalue weighted by Crippen LogP contribution is -2.42. The fraction of sp³-hybridized carbons (Fsp3) is 0.346. The molecule has 1 heterocycles. The fourth-order valence-corrected chi connectivity index (χ4v) is 5.24. The summed E-state index contributed by atoms with van der Waals surface area (Å²) in [6, 6.07) is 17.7. The SMILES string of the molecule is CC(C)CCN1C(=O)C(C)(C)COc2cc(NS(=O)(=O)c3cccc4ccccc34)ccc21. The molecule has 0 fully saturated rings. The third-order valence-electron chi connectivity index (χ3n) is 5.88. The Bertz CT molecular complexity index is 1290. The first kappa shape index (κ1) is 23.1. The summed E-state index contributed by atoms with van der Waals surface area (Å²) in [4.78, 5) is 15.2. The molecule has 174 valence electrons. The maximum absolute atomic E-state index is 13.2. The van der Waals surface area contributed by atoms with E-state index in [-0.39, 0.29) is 17.4 Å². The number of nitrogens with one attached hydrogen (secondary N) is 1. The fourth-order valence-electron chi connectivity index (χ4n) is 3.96. The van der Waals surface area contributed by atoms with Gasteiger partial charge in [0.15, 0.2) is 0 Å². The Labute approximate surface area is 195 Å². The van der Waals surface area contributed by atoms with E-state index in [4.69, 9.17) is 4.74 Å². The maximum atomic E-state index is 13.2. The quantitative estimate of drug-likeness (QED) is 0.525. The lowest BCUT2D eigenvalue weighted by Gasteiger charge is -2.28. The Morgan fingerprint density at radius 2 is 1.79 bits per heavy atom. The molecule has 1 aliphatic rings. The van der Waals surface area contributed by atoms with Crippen molar-refractivity contribution in [3.63, 3.8) is 0 Å². The Hall–Kier alpha value is -3.06. The highest BCUT2D eigenvalue weighted by molar-refractivity contribution is 7.93. The summed E-state index contributed by atoms with van der Waals surface area (Å²) in [7, 11) is -3.83. The smallest absolute Gasteiger partial charge is 0.262 e. The summed E-state index contributed by atoms with van der Waals surface area (Å²) in [6.45, 7) is 8.78. The van der Waals surface area contributed by atoms with Crippen LogP contribution in [0.2, 0.25) is 0 Å². The van der Waals surface area contributed by atoms with Crippen LogP contribution in [-0.4, -0.2) is 27.5 Å². The molecular formula is C26H30N2O4S. The molecular weight excluding hydrogens is 436 g/mol. The lowest BCUT2D eigenvalue weighted by atomic mass is 9.92. The number of anilines is 2. The average molecular weight is 467 g/mol. The number of ether oxygens (including phenoxy) is 1. The van der Waals surface area contributed by atoms with Gasteiger partial charge >= 0.3 is 0 Å². The van der Waals surface area contributed by atoms with Gasteiger partial charge in [0, 0.05) is 18.0 Å². The third-order valence-corrected chi connectivity index (χ3v) is 7.32. The van der Waals surface area contributed by atoms with E-state index in [9.17, 15) is 13.2 Å². The molecule has 0 bridgehead atoms. The van der Waals surface area contributed by atoms with E-state index in [1.165, 1.54) is 0 Å². The first-order valence-corrected chi connectivity index (χ1v) is 12.7. The molecule has 0 aliphatic carbocycles. The van der Waals surface area contributed by atoms with Crippen LogP contribution >= 0.6 is 0 Å². The van der Waals surface area contributed by atoms with E-state index in [1.807, 2.05) is 38.1 Å². The molecule has 33 heavy (non-hydrogen) atoms. The number of rotatable bonds is 6. The summed E-state index contributed by atoms with van der Waals surface area (Å²) in [5.74, 6) is 0.946. The summed E-state index contributed by atoms with van der Waals surface area (Å²) < 4.78 is 35.2. The number of nitrogens with zero attached hydrogens (tertiary/aromatic N) is 1. The van der Waals surface area contributed by atoms with Gasteiger partial charge in [-0.25, -0.2) is 8.42 Å². The Kier molecular flexibility index (Phi) is 6.10. The Morgan fingerprint density at radius 1 is 1.06 bits per heavy atom. The molecule has 0 spiro atoms. The van der Waals surface area contributed by atoms with Gasteiger partial charge in [0.25, 0.3) is 10.0 Å². The van der Waals surface area contributed by atoms with Gasteiger partial charge in [-0.3, -0.25) is 9.52 Å². The first-order valence-electron chi connectivity index (χ1n) is 11.2. The molecule has 0 atom stereocenters. The molecule has 4 rings (SSSR count). The van der Waals surface area contributed by atoms with Gasteiger partial charge in [0.1, 0.15) is 12.4 Å². The van der Waals surface area contributed by atoms with Crippen molar-refractivity contribution < 1.29 is 17.9 Å². The Morgan fingerprint density at radius 3 is 2.55 bits per heavy atom. The molecule has 7 heteroatoms. The van der Waals surface area contributed by atoms with Crippen LogP contribution in [0.3, 0.4) is 0 Å². The molecule has 0 saturated heterocycles. The normalized spacial score (nSPS) is 15.8. The summed E-state index contributed by atoms with van der Waals surface area (Å²) in [6.07, 6.45) is 0.858. The monoisotopic (exact) mass is 466 g/mol. The largest absolute Gasteiger partial charge is 0.490 e. The molecule has 3 aromatic rings. The topological polar surface area (TPSA) is 75.7 Å². The average Bonchev–Trinajstić information content (AvgIpc) is 2.86. The van der Waals surface area contributed by atoms with E-state index in [0.29, 0.717) is 35.0 Å². The number of hydrogen-bond acceptors (Lipinski definition) is 4. The zero-order valence-electron chi connectivity index (χ0n) is 19.5. The minimum Gasteiger partial charge on any atom is -0.490 e. The minimum atomic E-state index is -3.83. The van der Waals surface area contributed by atoms with Gasteiger partial charge in [0.2, 0.25) is 5.91 Å². The lowest BCUT2D eigenvalue weighted by molar-refractivity contribution is -0.127. The molecule has 0 unspecified atom stereocenters. The Balaban J connectivity index is 1.69. The summed E-state index contributed by atoms with van der Waals surface area (Å²) in [5, 5.41) is 1.51. The highest BCUT2D eigenvalue weighted by Gasteiger charge is 2.37. The van der Waals surface area contributed by atoms with Crippen molar-refractivity contribution in [1.29, 1.82) is 0 Å². The van der Waals surface area contributed by atoms with E-state index >= 15 is 0 Å². The van der Waals surface area contributed by atoms with Crippen LogP contribution in [0.25, 0.3) is 10.8 Å². The molecule has 1 N–H and O–H groups in total. The zero-order chi connectivity index (χ0) is 23.8. The van der Waals surface area contributed by atoms with E-state index in [2.05, 4.69) is 18.6 Å². The van der Waals surface area contributed by atoms with Crippen molar-refractivity contribution in [3.8, 4) is 5.75 Å². The number of carbonyl (C=O) groups excluding carboxylic acids is 1. The van der Waals surface area contributed by atoms with Crippen molar-refractivity contribution >= 4 is 38.1 Å². The molecule has 6 nitrogen and oxygen atoms in total. The van der Waals surface area contributed by atoms with Gasteiger partial charge in [-0.1, -0.05) is 50.2 Å². The molecule has 0 saturated carbocycles. The van der Waals surface area contributed by atoms with Crippen LogP contribution in [0.1, 0.15) is 34.1 Å². The van der Waals surface area contributed by atoms with Crippen LogP contribution < -0.4 is 14.4 Å². The second-order valence-electron chi connectivity index (χ2n) is 9.58. The van der Waals surface area contributed by atoms with Crippen LogP contribution in [-0.2, 0) is 14.8 Å². The van der Waals surface area contributed by atoms with Crippen LogP contribution in [0.4, 0.5) is 11.4 Å². The van der Waals surface area contributed by atoms with Crippen molar-refractivity contribution in [2.24, 2.45) is 11.3 Å². The van der Waals surface area contributed by atoms with E-state index < -0.39 is 15.4 Å². The predicted molar refractivity (Wildman–Crippen MR) is 132 cm³/mol. The van der Waals surface area contributed by atoms with Crippen molar-refractivity contribution in [3.05, 3.63) is 60.7 Å². The van der Waals surface area contributed by atoms with Crippen molar-refractivity contribution in [2.45, 2.75) is 39.0 Å². The standard InChI is InChI=1S/C26H30N2O4S/c1-18(2)14-15-28-22-13-12-20(16-23(22)32-17-26(3,4)25(28)29)27-33(30,31)24-11-7-9-19-8-5-6-10-21(19)24/h5-13,16,18,27H,14-15,17H2,1-4H3. The second kappa shape index (κ2) is 8.71. The number of hydrogen-bond donors (Lipinski definition) is 1. The van der Waals surface area contributed by atoms with Gasteiger partial charge in [-0.15, -0.1) is 0 Å². The summed E-state index contributed by atoms with van der Waals surface area (Å²) >= 11 is 0. The number of amides is 1. The van der Waals surface area contributed by atoms with Crippen LogP contribution in [0.15, 0.2) is 65.6 Å². The van der Waals surface area contributed by atoms with Crippen LogP contribution in [0, 0.1) is 11.3 Å². The van der Waals surface area contributed by atoms with E-state index in [1.54, 1.807) is 41.3 Å². The number of fused-ring (bicyclic) bond motifs is 2. The molecule has 1 aliphatic heterocycles. The molecule has 3 aromatic carbocycles. The van der Waals surface area contributed by atoms with Crippen LogP contribution in [0.5, 0.6) is 5.75 Å². The third kappa shape index (κ3) is 4.69. The molecule has 1 amide bonds. The summed E-state index contributed by atoms with van der Waals surface area (Å²) in [5.41, 5.74) is 0.371. The number of carbonyl (C=O) groups is 1. The van der Waals surface area contributed by atoms with Gasteiger partial charge < -0.3 is 9.64 Å². The molecule has 0 aromatic heterocycles. The number of benzene rings is 3. The maximum Gasteiger partial charge on any atom is 0.262 e. The van der Waals surface area contributed by atoms with Gasteiger partial charge in [0.05, 0.1) is 21.7 Å². The first-order chi connectivity index (χ1) is 15.6. The zero-order valence-corrected chi connectivity index (χ0v) is 20.3. The molecule has 0 radical (unpaired) electrons. The van der Waals surface area contributed by atoms with E-state index in [0.717, 1.165) is 11.8 Å². The van der Waals surface area contributed by atoms with Crippen molar-refractivity contribution in [2.75, 3.05) is 22.8 Å². The highest BCUT2D eigenvalue weighted by atomic mass is 32.2. The number of sulfonamides is 1. The highest BCUT2D eigenvalue weighted by Crippen LogP contribution is 2.39. The van der Waals surface area contributed by atoms with Crippen molar-refractivity contribution in [1.82, 2.24) is 0 Å². The second-order valence-corrected chi connectivity index (χ2v) is 11.2. The van der Waals surface area contributed by atoms with Gasteiger partial charge in [-0.2, -0.15) is 0 Å². The van der Waals surface area contributed by atoms with Gasteiger partial charge in [-0.05, 0) is 49.8 Å².